The van der Waals surface area contributed by atoms with Gasteiger partial charge in [0.05, 0.1) is 40.0 Å². The SMILES string of the molecule is Cc1ccc2nc(SCC(=O)Nc3cc(C)nn3C3CCS(=O)(=O)C3)[nH]c2c1. The molecule has 1 aliphatic heterocycles. The van der Waals surface area contributed by atoms with E-state index in [1.165, 1.54) is 11.8 Å². The third-order valence-corrected chi connectivity index (χ3v) is 7.26. The van der Waals surface area contributed by atoms with Crippen LogP contribution < -0.4 is 5.32 Å². The standard InChI is InChI=1S/C18H21N5O3S2/c1-11-3-4-14-15(7-11)20-18(19-14)27-9-17(24)21-16-8-12(2)22-23(16)13-5-6-28(25,26)10-13/h3-4,7-8,13H,5-6,9-10H2,1-2H3,(H,19,20)(H,21,24). The second kappa shape index (κ2) is 7.25. The summed E-state index contributed by atoms with van der Waals surface area (Å²) in [5, 5.41) is 7.91. The number of aryl methyl sites for hydroxylation is 2. The molecule has 10 heteroatoms. The molecule has 0 aliphatic carbocycles. The van der Waals surface area contributed by atoms with E-state index in [1.54, 1.807) is 10.7 Å². The number of benzene rings is 1. The van der Waals surface area contributed by atoms with E-state index in [4.69, 9.17) is 0 Å². The van der Waals surface area contributed by atoms with Crippen LogP contribution >= 0.6 is 11.8 Å². The molecule has 2 N–H and O–H groups in total. The lowest BCUT2D eigenvalue weighted by Crippen LogP contribution is -2.20. The van der Waals surface area contributed by atoms with Crippen molar-refractivity contribution in [3.8, 4) is 0 Å². The fraction of sp³-hybridized carbons (Fsp3) is 0.389. The fourth-order valence-electron chi connectivity index (χ4n) is 3.34. The summed E-state index contributed by atoms with van der Waals surface area (Å²) in [5.74, 6) is 0.746. The first-order valence-electron chi connectivity index (χ1n) is 8.95. The highest BCUT2D eigenvalue weighted by Gasteiger charge is 2.31. The van der Waals surface area contributed by atoms with Crippen LogP contribution in [0.25, 0.3) is 11.0 Å². The Kier molecular flexibility index (Phi) is 4.92. The van der Waals surface area contributed by atoms with Gasteiger partial charge in [-0.3, -0.25) is 4.79 Å². The van der Waals surface area contributed by atoms with Crippen LogP contribution in [0, 0.1) is 13.8 Å². The van der Waals surface area contributed by atoms with Gasteiger partial charge in [0.15, 0.2) is 15.0 Å². The van der Waals surface area contributed by atoms with Gasteiger partial charge < -0.3 is 10.3 Å². The van der Waals surface area contributed by atoms with Gasteiger partial charge in [-0.2, -0.15) is 5.10 Å². The second-order valence-corrected chi connectivity index (χ2v) is 10.3. The number of aromatic nitrogens is 4. The lowest BCUT2D eigenvalue weighted by Gasteiger charge is -2.13. The van der Waals surface area contributed by atoms with Crippen molar-refractivity contribution in [1.82, 2.24) is 19.7 Å². The number of nitrogens with zero attached hydrogens (tertiary/aromatic N) is 3. The number of anilines is 1. The van der Waals surface area contributed by atoms with Gasteiger partial charge in [-0.25, -0.2) is 18.1 Å². The first-order chi connectivity index (χ1) is 13.3. The van der Waals surface area contributed by atoms with Crippen molar-refractivity contribution < 1.29 is 13.2 Å². The van der Waals surface area contributed by atoms with Crippen LogP contribution in [0.2, 0.25) is 0 Å². The van der Waals surface area contributed by atoms with E-state index < -0.39 is 9.84 Å². The number of aromatic amines is 1. The first kappa shape index (κ1) is 19.0. The molecule has 3 aromatic rings. The molecule has 1 atom stereocenters. The van der Waals surface area contributed by atoms with E-state index in [9.17, 15) is 13.2 Å². The third kappa shape index (κ3) is 4.07. The van der Waals surface area contributed by atoms with Gasteiger partial charge in [0.1, 0.15) is 5.82 Å². The van der Waals surface area contributed by atoms with Gasteiger partial charge in [-0.15, -0.1) is 0 Å². The van der Waals surface area contributed by atoms with E-state index in [0.717, 1.165) is 22.3 Å². The highest BCUT2D eigenvalue weighted by Crippen LogP contribution is 2.27. The summed E-state index contributed by atoms with van der Waals surface area (Å²) in [6.45, 7) is 3.84. The van der Waals surface area contributed by atoms with Gasteiger partial charge in [0.2, 0.25) is 5.91 Å². The van der Waals surface area contributed by atoms with Crippen LogP contribution in [-0.2, 0) is 14.6 Å². The van der Waals surface area contributed by atoms with Gasteiger partial charge in [-0.1, -0.05) is 17.8 Å². The average Bonchev–Trinajstić information content (AvgIpc) is 3.29. The van der Waals surface area contributed by atoms with Crippen molar-refractivity contribution in [2.75, 3.05) is 22.6 Å². The summed E-state index contributed by atoms with van der Waals surface area (Å²) >= 11 is 1.32. The first-order valence-corrected chi connectivity index (χ1v) is 11.8. The molecule has 4 rings (SSSR count). The largest absolute Gasteiger partial charge is 0.333 e. The van der Waals surface area contributed by atoms with Crippen LogP contribution in [-0.4, -0.2) is 51.3 Å². The molecule has 1 fully saturated rings. The van der Waals surface area contributed by atoms with Gasteiger partial charge >= 0.3 is 0 Å². The number of fused-ring (bicyclic) bond motifs is 1. The van der Waals surface area contributed by atoms with Crippen molar-refractivity contribution >= 4 is 44.4 Å². The van der Waals surface area contributed by atoms with E-state index in [-0.39, 0.29) is 29.2 Å². The Morgan fingerprint density at radius 2 is 2.18 bits per heavy atom. The molecule has 0 spiro atoms. The quantitative estimate of drug-likeness (QED) is 0.615. The summed E-state index contributed by atoms with van der Waals surface area (Å²) in [6.07, 6.45) is 0.513. The number of amides is 1. The molecule has 148 valence electrons. The van der Waals surface area contributed by atoms with Crippen LogP contribution in [0.1, 0.15) is 23.7 Å². The number of nitrogens with one attached hydrogen (secondary N) is 2. The summed E-state index contributed by atoms with van der Waals surface area (Å²) < 4.78 is 25.2. The van der Waals surface area contributed by atoms with Crippen LogP contribution in [0.15, 0.2) is 29.4 Å². The number of imidazole rings is 1. The second-order valence-electron chi connectivity index (χ2n) is 7.07. The van der Waals surface area contributed by atoms with E-state index in [2.05, 4.69) is 20.4 Å². The zero-order valence-electron chi connectivity index (χ0n) is 15.6. The van der Waals surface area contributed by atoms with Crippen molar-refractivity contribution in [2.24, 2.45) is 0 Å². The fourth-order valence-corrected chi connectivity index (χ4v) is 5.71. The Morgan fingerprint density at radius 1 is 1.36 bits per heavy atom. The van der Waals surface area contributed by atoms with Gasteiger partial charge in [-0.05, 0) is 38.0 Å². The number of carbonyl (C=O) groups excluding carboxylic acids is 1. The molecular weight excluding hydrogens is 398 g/mol. The van der Waals surface area contributed by atoms with Crippen LogP contribution in [0.4, 0.5) is 5.82 Å². The predicted molar refractivity (Wildman–Crippen MR) is 109 cm³/mol. The minimum atomic E-state index is -3.03. The molecule has 1 aliphatic rings. The Labute approximate surface area is 167 Å². The molecule has 1 amide bonds. The number of carbonyl (C=O) groups is 1. The molecule has 1 saturated heterocycles. The summed E-state index contributed by atoms with van der Waals surface area (Å²) in [6, 6.07) is 7.49. The number of hydrogen-bond acceptors (Lipinski definition) is 6. The van der Waals surface area contributed by atoms with Crippen LogP contribution in [0.5, 0.6) is 0 Å². The van der Waals surface area contributed by atoms with Crippen molar-refractivity contribution in [3.63, 3.8) is 0 Å². The van der Waals surface area contributed by atoms with Gasteiger partial charge in [0, 0.05) is 6.07 Å². The Bertz CT molecular complexity index is 1150. The number of sulfone groups is 1. The van der Waals surface area contributed by atoms with Crippen LogP contribution in [0.3, 0.4) is 0 Å². The molecule has 3 heterocycles. The monoisotopic (exact) mass is 419 g/mol. The summed E-state index contributed by atoms with van der Waals surface area (Å²) in [5.41, 5.74) is 3.69. The molecule has 0 radical (unpaired) electrons. The summed E-state index contributed by atoms with van der Waals surface area (Å²) in [7, 11) is -3.03. The van der Waals surface area contributed by atoms with E-state index >= 15 is 0 Å². The number of H-pyrrole nitrogens is 1. The average molecular weight is 420 g/mol. The minimum absolute atomic E-state index is 0.0597. The normalized spacial score (nSPS) is 18.6. The summed E-state index contributed by atoms with van der Waals surface area (Å²) in [4.78, 5) is 20.1. The Balaban J connectivity index is 1.42. The lowest BCUT2D eigenvalue weighted by molar-refractivity contribution is -0.113. The van der Waals surface area contributed by atoms with E-state index in [0.29, 0.717) is 17.4 Å². The van der Waals surface area contributed by atoms with Crippen molar-refractivity contribution in [3.05, 3.63) is 35.5 Å². The minimum Gasteiger partial charge on any atom is -0.333 e. The van der Waals surface area contributed by atoms with Gasteiger partial charge in [0.25, 0.3) is 0 Å². The molecule has 1 aromatic carbocycles. The third-order valence-electron chi connectivity index (χ3n) is 4.64. The molecule has 28 heavy (non-hydrogen) atoms. The highest BCUT2D eigenvalue weighted by molar-refractivity contribution is 7.99. The molecular formula is C18H21N5O3S2. The van der Waals surface area contributed by atoms with Crippen molar-refractivity contribution in [2.45, 2.75) is 31.5 Å². The topological polar surface area (TPSA) is 110 Å². The lowest BCUT2D eigenvalue weighted by atomic mass is 10.2. The number of rotatable bonds is 5. The predicted octanol–water partition coefficient (Wildman–Crippen LogP) is 2.47. The molecule has 2 aromatic heterocycles. The van der Waals surface area contributed by atoms with Crippen molar-refractivity contribution in [1.29, 1.82) is 0 Å². The number of thioether (sulfide) groups is 1. The maximum Gasteiger partial charge on any atom is 0.235 e. The Morgan fingerprint density at radius 3 is 2.93 bits per heavy atom. The van der Waals surface area contributed by atoms with E-state index in [1.807, 2.05) is 32.0 Å². The molecule has 1 unspecified atom stereocenters. The zero-order valence-corrected chi connectivity index (χ0v) is 17.2. The Hall–Kier alpha value is -2.33. The molecule has 0 bridgehead atoms. The number of hydrogen-bond donors (Lipinski definition) is 2. The maximum absolute atomic E-state index is 12.4. The smallest absolute Gasteiger partial charge is 0.235 e. The zero-order chi connectivity index (χ0) is 19.9. The molecule has 8 nitrogen and oxygen atoms in total. The highest BCUT2D eigenvalue weighted by atomic mass is 32.2. The maximum atomic E-state index is 12.4. The molecule has 0 saturated carbocycles.